The first-order valence-corrected chi connectivity index (χ1v) is 17.3. The number of esters is 1. The number of aromatic hydroxyl groups is 1. The van der Waals surface area contributed by atoms with E-state index in [4.69, 9.17) is 15.2 Å². The van der Waals surface area contributed by atoms with Gasteiger partial charge in [0.05, 0.1) is 25.3 Å². The van der Waals surface area contributed by atoms with Crippen LogP contribution in [0.1, 0.15) is 35.6 Å². The van der Waals surface area contributed by atoms with Crippen molar-refractivity contribution in [1.82, 2.24) is 10.2 Å². The number of ketones is 2. The third-order valence-corrected chi connectivity index (χ3v) is 10.6. The summed E-state index contributed by atoms with van der Waals surface area (Å²) in [5, 5.41) is 49.2. The molecule has 3 aromatic carbocycles. The van der Waals surface area contributed by atoms with E-state index in [0.29, 0.717) is 28.9 Å². The Bertz CT molecular complexity index is 2060. The van der Waals surface area contributed by atoms with Gasteiger partial charge in [0.25, 0.3) is 5.91 Å². The predicted molar refractivity (Wildman–Crippen MR) is 194 cm³/mol. The highest BCUT2D eigenvalue weighted by Crippen LogP contribution is 2.54. The number of carbonyl (C=O) groups is 4. The number of phenols is 1. The lowest BCUT2D eigenvalue weighted by molar-refractivity contribution is -0.153. The molecule has 53 heavy (non-hydrogen) atoms. The van der Waals surface area contributed by atoms with Crippen LogP contribution >= 0.6 is 0 Å². The van der Waals surface area contributed by atoms with Gasteiger partial charge in [0.2, 0.25) is 5.78 Å². The molecule has 0 aromatic heterocycles. The van der Waals surface area contributed by atoms with Gasteiger partial charge in [-0.2, -0.15) is 0 Å². The summed E-state index contributed by atoms with van der Waals surface area (Å²) >= 11 is 0. The number of fused-ring (bicyclic) bond motifs is 3. The molecule has 278 valence electrons. The van der Waals surface area contributed by atoms with Crippen LogP contribution in [0, 0.1) is 11.8 Å². The molecule has 0 bridgehead atoms. The number of nitrogens with two attached hydrogens (primary N) is 1. The van der Waals surface area contributed by atoms with Crippen molar-refractivity contribution >= 4 is 29.2 Å². The molecule has 0 heterocycles. The molecule has 1 fully saturated rings. The van der Waals surface area contributed by atoms with Gasteiger partial charge in [-0.05, 0) is 86.7 Å². The largest absolute Gasteiger partial charge is 0.508 e. The zero-order valence-corrected chi connectivity index (χ0v) is 29.9. The molecule has 2 unspecified atom stereocenters. The smallest absolute Gasteiger partial charge is 0.323 e. The van der Waals surface area contributed by atoms with Crippen LogP contribution in [0.5, 0.6) is 11.5 Å². The number of hydrogen-bond acceptors (Lipinski definition) is 12. The Balaban J connectivity index is 1.41. The van der Waals surface area contributed by atoms with Gasteiger partial charge in [-0.25, -0.2) is 0 Å². The van der Waals surface area contributed by atoms with E-state index in [1.54, 1.807) is 33.2 Å². The molecule has 13 nitrogen and oxygen atoms in total. The summed E-state index contributed by atoms with van der Waals surface area (Å²) < 4.78 is 11.1. The number of nitrogens with zero attached hydrogens (tertiary/aromatic N) is 1. The molecule has 0 saturated heterocycles. The molecule has 7 N–H and O–H groups in total. The third-order valence-electron chi connectivity index (χ3n) is 10.6. The number of benzene rings is 3. The fourth-order valence-corrected chi connectivity index (χ4v) is 8.14. The Hall–Kier alpha value is -5.50. The normalized spacial score (nSPS) is 22.9. The molecule has 3 aliphatic rings. The van der Waals surface area contributed by atoms with Gasteiger partial charge >= 0.3 is 5.97 Å². The van der Waals surface area contributed by atoms with Crippen molar-refractivity contribution < 1.29 is 49.1 Å². The molecule has 6 rings (SSSR count). The molecule has 0 spiro atoms. The number of phenolic OH excluding ortho intramolecular Hbond substituents is 1. The molecular formula is C40H43N3O10. The minimum Gasteiger partial charge on any atom is -0.508 e. The van der Waals surface area contributed by atoms with Crippen LogP contribution in [-0.4, -0.2) is 94.3 Å². The quantitative estimate of drug-likeness (QED) is 0.125. The molecular weight excluding hydrogens is 682 g/mol. The summed E-state index contributed by atoms with van der Waals surface area (Å²) in [5.41, 5.74) is 5.00. The van der Waals surface area contributed by atoms with Crippen LogP contribution in [0.3, 0.4) is 0 Å². The van der Waals surface area contributed by atoms with E-state index >= 15 is 0 Å². The van der Waals surface area contributed by atoms with Gasteiger partial charge in [-0.15, -0.1) is 0 Å². The van der Waals surface area contributed by atoms with Crippen LogP contribution in [0.4, 0.5) is 0 Å². The third kappa shape index (κ3) is 6.34. The summed E-state index contributed by atoms with van der Waals surface area (Å²) in [6.45, 7) is 2.27. The van der Waals surface area contributed by atoms with Gasteiger partial charge in [-0.3, -0.25) is 24.1 Å². The summed E-state index contributed by atoms with van der Waals surface area (Å²) in [6.07, 6.45) is 0.473. The molecule has 0 aliphatic heterocycles. The summed E-state index contributed by atoms with van der Waals surface area (Å²) in [5.74, 6) is -7.11. The number of hydrogen-bond donors (Lipinski definition) is 6. The van der Waals surface area contributed by atoms with E-state index in [9.17, 15) is 39.6 Å². The van der Waals surface area contributed by atoms with Crippen LogP contribution < -0.4 is 15.8 Å². The maximum Gasteiger partial charge on any atom is 0.323 e. The highest BCUT2D eigenvalue weighted by atomic mass is 16.5. The minimum atomic E-state index is -2.73. The number of primary amides is 1. The first-order chi connectivity index (χ1) is 25.2. The standard InChI is InChI=1S/C40H43N3O10/c1-5-53-39(50)27(16-20-9-7-6-8-10-20)42-19-21-11-14-29(52-4)24(15-21)23-12-13-28(44)31-25(23)17-22-18-26-33(43(2)3)35(46)32(38(41)49)37(48)40(26,51)36(47)30(22)34(31)45/h6-15,22,26-27,33,42,44-45,48,51H,5,16-19H2,1-4H3,(H2,41,49)/t22-,26-,27?,33?,40-/m0/s1. The number of aliphatic hydroxyl groups is 3. The van der Waals surface area contributed by atoms with Crippen molar-refractivity contribution in [1.29, 1.82) is 0 Å². The van der Waals surface area contributed by atoms with Gasteiger partial charge < -0.3 is 41.0 Å². The lowest BCUT2D eigenvalue weighted by Gasteiger charge is -2.50. The number of Topliss-reactive ketones (excluding diaryl/α,β-unsaturated/α-hetero) is 2. The first-order valence-electron chi connectivity index (χ1n) is 17.3. The number of carbonyl (C=O) groups excluding carboxylic acids is 4. The summed E-state index contributed by atoms with van der Waals surface area (Å²) in [7, 11) is 4.61. The van der Waals surface area contributed by atoms with Crippen molar-refractivity contribution in [3.05, 3.63) is 99.8 Å². The van der Waals surface area contributed by atoms with E-state index < -0.39 is 64.1 Å². The van der Waals surface area contributed by atoms with E-state index in [1.165, 1.54) is 18.1 Å². The van der Waals surface area contributed by atoms with Gasteiger partial charge in [0, 0.05) is 23.6 Å². The Morgan fingerprint density at radius 1 is 1.02 bits per heavy atom. The second-order valence-electron chi connectivity index (χ2n) is 13.9. The van der Waals surface area contributed by atoms with Crippen molar-refractivity contribution in [3.63, 3.8) is 0 Å². The van der Waals surface area contributed by atoms with Crippen LogP contribution in [0.2, 0.25) is 0 Å². The zero-order chi connectivity index (χ0) is 38.4. The fourth-order valence-electron chi connectivity index (χ4n) is 8.14. The van der Waals surface area contributed by atoms with Gasteiger partial charge in [-0.1, -0.05) is 42.5 Å². The highest BCUT2D eigenvalue weighted by molar-refractivity contribution is 6.24. The van der Waals surface area contributed by atoms with Crippen molar-refractivity contribution in [2.75, 3.05) is 27.8 Å². The highest BCUT2D eigenvalue weighted by Gasteiger charge is 2.64. The molecule has 5 atom stereocenters. The zero-order valence-electron chi connectivity index (χ0n) is 29.9. The number of amides is 1. The van der Waals surface area contributed by atoms with E-state index in [2.05, 4.69) is 5.32 Å². The van der Waals surface area contributed by atoms with Crippen molar-refractivity contribution in [2.45, 2.75) is 50.4 Å². The van der Waals surface area contributed by atoms with Crippen LogP contribution in [0.15, 0.2) is 77.6 Å². The number of nitrogens with one attached hydrogen (secondary N) is 1. The topological polar surface area (TPSA) is 209 Å². The lowest BCUT2D eigenvalue weighted by Crippen LogP contribution is -2.65. The molecule has 3 aliphatic carbocycles. The molecule has 1 amide bonds. The lowest BCUT2D eigenvalue weighted by atomic mass is 9.57. The first kappa shape index (κ1) is 37.3. The van der Waals surface area contributed by atoms with Crippen LogP contribution in [-0.2, 0) is 43.3 Å². The van der Waals surface area contributed by atoms with Crippen molar-refractivity contribution in [2.24, 2.45) is 17.6 Å². The fraction of sp³-hybridized carbons (Fsp3) is 0.350. The Morgan fingerprint density at radius 2 is 1.74 bits per heavy atom. The van der Waals surface area contributed by atoms with E-state index in [1.807, 2.05) is 42.5 Å². The summed E-state index contributed by atoms with van der Waals surface area (Å²) in [4.78, 5) is 54.4. The maximum atomic E-state index is 14.2. The summed E-state index contributed by atoms with van der Waals surface area (Å²) in [6, 6.07) is 16.3. The second-order valence-corrected chi connectivity index (χ2v) is 13.9. The number of rotatable bonds is 11. The average Bonchev–Trinajstić information content (AvgIpc) is 3.12. The monoisotopic (exact) mass is 725 g/mol. The van der Waals surface area contributed by atoms with Gasteiger partial charge in [0.15, 0.2) is 11.4 Å². The SMILES string of the molecule is CCOC(=O)C(Cc1ccccc1)NCc1ccc(OC)c(-c2ccc(O)c3c2C[C@H]2C[C@H]4C(N(C)C)C(=O)C(C(N)=O)=C(O)[C@@]4(O)C(=O)C2=C3O)c1. The average molecular weight is 726 g/mol. The molecule has 0 radical (unpaired) electrons. The van der Waals surface area contributed by atoms with Gasteiger partial charge in [0.1, 0.15) is 34.6 Å². The van der Waals surface area contributed by atoms with E-state index in [-0.39, 0.29) is 48.8 Å². The Labute approximate surface area is 306 Å². The number of likely N-dealkylation sites (N-methyl/N-ethyl adjacent to an activating group) is 1. The minimum absolute atomic E-state index is 0.0328. The predicted octanol–water partition coefficient (Wildman–Crippen LogP) is 2.90. The number of methoxy groups -OCH3 is 1. The number of aliphatic hydroxyl groups excluding tert-OH is 2. The van der Waals surface area contributed by atoms with E-state index in [0.717, 1.165) is 11.1 Å². The Kier molecular flexibility index (Phi) is 10.2. The second kappa shape index (κ2) is 14.5. The molecule has 3 aromatic rings. The van der Waals surface area contributed by atoms with Crippen LogP contribution in [0.25, 0.3) is 16.9 Å². The maximum absolute atomic E-state index is 14.2. The molecule has 13 heteroatoms. The molecule has 1 saturated carbocycles. The number of ether oxygens (including phenoxy) is 2. The Morgan fingerprint density at radius 3 is 2.38 bits per heavy atom. The van der Waals surface area contributed by atoms with Crippen molar-refractivity contribution in [3.8, 4) is 22.6 Å².